The van der Waals surface area contributed by atoms with E-state index in [0.717, 1.165) is 47.2 Å². The molecule has 0 saturated heterocycles. The van der Waals surface area contributed by atoms with Gasteiger partial charge in [0, 0.05) is 17.7 Å². The molecule has 31 heavy (non-hydrogen) atoms. The number of hydrogen-bond acceptors (Lipinski definition) is 7. The maximum atomic E-state index is 5.44. The van der Waals surface area contributed by atoms with Crippen molar-refractivity contribution >= 4 is 11.8 Å². The summed E-state index contributed by atoms with van der Waals surface area (Å²) in [5, 5.41) is 13.9. The van der Waals surface area contributed by atoms with E-state index in [9.17, 15) is 0 Å². The summed E-state index contributed by atoms with van der Waals surface area (Å²) in [6.07, 6.45) is 2.14. The first-order chi connectivity index (χ1) is 15.2. The zero-order chi connectivity index (χ0) is 21.6. The van der Waals surface area contributed by atoms with E-state index in [1.165, 1.54) is 5.56 Å². The third-order valence-corrected chi connectivity index (χ3v) is 5.86. The van der Waals surface area contributed by atoms with Crippen molar-refractivity contribution in [3.8, 4) is 28.6 Å². The van der Waals surface area contributed by atoms with Gasteiger partial charge in [0.1, 0.15) is 5.75 Å². The van der Waals surface area contributed by atoms with Crippen molar-refractivity contribution in [1.29, 1.82) is 0 Å². The molecule has 4 rings (SSSR count). The first-order valence-electron chi connectivity index (χ1n) is 10.3. The molecule has 0 aliphatic rings. The van der Waals surface area contributed by atoms with E-state index in [2.05, 4.69) is 38.8 Å². The Labute approximate surface area is 185 Å². The van der Waals surface area contributed by atoms with Crippen LogP contribution >= 0.6 is 11.8 Å². The fourth-order valence-electron chi connectivity index (χ4n) is 3.12. The van der Waals surface area contributed by atoms with Crippen molar-refractivity contribution in [2.24, 2.45) is 0 Å². The largest absolute Gasteiger partial charge is 0.497 e. The number of methoxy groups -OCH3 is 1. The first-order valence-corrected chi connectivity index (χ1v) is 11.3. The summed E-state index contributed by atoms with van der Waals surface area (Å²) >= 11 is 1.56. The van der Waals surface area contributed by atoms with E-state index in [1.54, 1.807) is 18.9 Å². The average Bonchev–Trinajstić information content (AvgIpc) is 3.44. The Hall–Kier alpha value is -3.13. The van der Waals surface area contributed by atoms with Gasteiger partial charge in [0.2, 0.25) is 0 Å². The Morgan fingerprint density at radius 1 is 1.00 bits per heavy atom. The molecule has 0 unspecified atom stereocenters. The van der Waals surface area contributed by atoms with E-state index >= 15 is 0 Å². The molecule has 0 aliphatic carbocycles. The van der Waals surface area contributed by atoms with Crippen LogP contribution in [-0.2, 0) is 12.3 Å². The van der Waals surface area contributed by atoms with Gasteiger partial charge in [0.15, 0.2) is 16.8 Å². The monoisotopic (exact) mass is 435 g/mol. The van der Waals surface area contributed by atoms with Gasteiger partial charge in [-0.15, -0.1) is 10.2 Å². The lowest BCUT2D eigenvalue weighted by Crippen LogP contribution is -2.03. The van der Waals surface area contributed by atoms with Crippen molar-refractivity contribution in [2.75, 3.05) is 7.11 Å². The van der Waals surface area contributed by atoms with E-state index in [4.69, 9.17) is 9.26 Å². The molecule has 7 nitrogen and oxygen atoms in total. The van der Waals surface area contributed by atoms with Crippen LogP contribution in [0.5, 0.6) is 5.75 Å². The minimum atomic E-state index is 0.530. The topological polar surface area (TPSA) is 78.9 Å². The smallest absolute Gasteiger partial charge is 0.257 e. The second-order valence-electron chi connectivity index (χ2n) is 7.21. The SMILES string of the molecule is CCCCn1c(SCc2noc(-c3ccc(C)cc3)n2)nnc1-c1ccc(OC)cc1. The second-order valence-corrected chi connectivity index (χ2v) is 8.15. The Morgan fingerprint density at radius 3 is 2.45 bits per heavy atom. The van der Waals surface area contributed by atoms with Gasteiger partial charge >= 0.3 is 0 Å². The highest BCUT2D eigenvalue weighted by molar-refractivity contribution is 7.98. The first kappa shape index (κ1) is 21.1. The van der Waals surface area contributed by atoms with Crippen LogP contribution in [0.25, 0.3) is 22.8 Å². The zero-order valence-corrected chi connectivity index (χ0v) is 18.7. The molecule has 8 heteroatoms. The van der Waals surface area contributed by atoms with Crippen LogP contribution in [0, 0.1) is 6.92 Å². The summed E-state index contributed by atoms with van der Waals surface area (Å²) in [6, 6.07) is 15.9. The summed E-state index contributed by atoms with van der Waals surface area (Å²) in [5.41, 5.74) is 3.12. The molecule has 0 radical (unpaired) electrons. The van der Waals surface area contributed by atoms with Crippen molar-refractivity contribution in [3.05, 3.63) is 59.9 Å². The lowest BCUT2D eigenvalue weighted by Gasteiger charge is -2.09. The third kappa shape index (κ3) is 4.96. The van der Waals surface area contributed by atoms with E-state index < -0.39 is 0 Å². The molecule has 0 N–H and O–H groups in total. The number of thioether (sulfide) groups is 1. The third-order valence-electron chi connectivity index (χ3n) is 4.90. The molecule has 0 amide bonds. The van der Waals surface area contributed by atoms with Crippen molar-refractivity contribution < 1.29 is 9.26 Å². The van der Waals surface area contributed by atoms with Crippen LogP contribution in [0.4, 0.5) is 0 Å². The van der Waals surface area contributed by atoms with Crippen molar-refractivity contribution in [3.63, 3.8) is 0 Å². The molecule has 0 saturated carbocycles. The molecule has 0 aliphatic heterocycles. The number of ether oxygens (including phenoxy) is 1. The average molecular weight is 436 g/mol. The van der Waals surface area contributed by atoms with Gasteiger partial charge in [-0.3, -0.25) is 0 Å². The predicted octanol–water partition coefficient (Wildman–Crippen LogP) is 5.40. The molecule has 160 valence electrons. The Morgan fingerprint density at radius 2 is 1.74 bits per heavy atom. The fraction of sp³-hybridized carbons (Fsp3) is 0.304. The number of hydrogen-bond donors (Lipinski definition) is 0. The summed E-state index contributed by atoms with van der Waals surface area (Å²) in [5.74, 6) is 3.40. The highest BCUT2D eigenvalue weighted by Crippen LogP contribution is 2.28. The molecule has 2 aromatic carbocycles. The van der Waals surface area contributed by atoms with Gasteiger partial charge in [0.05, 0.1) is 12.9 Å². The van der Waals surface area contributed by atoms with Crippen molar-refractivity contribution in [2.45, 2.75) is 44.1 Å². The van der Waals surface area contributed by atoms with Crippen LogP contribution < -0.4 is 4.74 Å². The van der Waals surface area contributed by atoms with Gasteiger partial charge in [-0.2, -0.15) is 4.98 Å². The molecule has 0 fully saturated rings. The number of aromatic nitrogens is 5. The molecule has 4 aromatic rings. The van der Waals surface area contributed by atoms with Gasteiger partial charge in [0.25, 0.3) is 5.89 Å². The molecule has 0 atom stereocenters. The standard InChI is InChI=1S/C23H25N5O2S/c1-4-5-14-28-21(17-10-12-19(29-3)13-11-17)25-26-23(28)31-15-20-24-22(30-27-20)18-8-6-16(2)7-9-18/h6-13H,4-5,14-15H2,1-3H3. The minimum absolute atomic E-state index is 0.530. The predicted molar refractivity (Wildman–Crippen MR) is 121 cm³/mol. The van der Waals surface area contributed by atoms with Gasteiger partial charge < -0.3 is 13.8 Å². The maximum absolute atomic E-state index is 5.44. The number of unbranched alkanes of at least 4 members (excludes halogenated alkanes) is 1. The van der Waals surface area contributed by atoms with Gasteiger partial charge in [-0.1, -0.05) is 48.0 Å². The minimum Gasteiger partial charge on any atom is -0.497 e. The van der Waals surface area contributed by atoms with E-state index in [0.29, 0.717) is 17.5 Å². The quantitative estimate of drug-likeness (QED) is 0.325. The van der Waals surface area contributed by atoms with Gasteiger partial charge in [-0.25, -0.2) is 0 Å². The number of nitrogens with zero attached hydrogens (tertiary/aromatic N) is 5. The molecule has 0 spiro atoms. The molecule has 2 aromatic heterocycles. The highest BCUT2D eigenvalue weighted by Gasteiger charge is 2.16. The number of rotatable bonds is 9. The second kappa shape index (κ2) is 9.78. The van der Waals surface area contributed by atoms with Crippen LogP contribution in [0.2, 0.25) is 0 Å². The lowest BCUT2D eigenvalue weighted by molar-refractivity contribution is 0.415. The summed E-state index contributed by atoms with van der Waals surface area (Å²) < 4.78 is 12.9. The molecule has 0 bridgehead atoms. The summed E-state index contributed by atoms with van der Waals surface area (Å²) in [7, 11) is 1.66. The Kier molecular flexibility index (Phi) is 6.66. The normalized spacial score (nSPS) is 11.1. The zero-order valence-electron chi connectivity index (χ0n) is 17.9. The number of aryl methyl sites for hydroxylation is 1. The molecular formula is C23H25N5O2S. The molecular weight excluding hydrogens is 410 g/mol. The molecule has 2 heterocycles. The Bertz CT molecular complexity index is 1120. The Balaban J connectivity index is 1.51. The number of benzene rings is 2. The van der Waals surface area contributed by atoms with E-state index in [1.807, 2.05) is 48.5 Å². The van der Waals surface area contributed by atoms with Gasteiger partial charge in [-0.05, 0) is 49.7 Å². The van der Waals surface area contributed by atoms with Crippen LogP contribution in [0.15, 0.2) is 58.2 Å². The van der Waals surface area contributed by atoms with Crippen LogP contribution in [0.1, 0.15) is 31.2 Å². The highest BCUT2D eigenvalue weighted by atomic mass is 32.2. The van der Waals surface area contributed by atoms with Crippen molar-refractivity contribution in [1.82, 2.24) is 24.9 Å². The van der Waals surface area contributed by atoms with E-state index in [-0.39, 0.29) is 0 Å². The lowest BCUT2D eigenvalue weighted by atomic mass is 10.1. The maximum Gasteiger partial charge on any atom is 0.257 e. The van der Waals surface area contributed by atoms with Crippen LogP contribution in [0.3, 0.4) is 0 Å². The van der Waals surface area contributed by atoms with Crippen LogP contribution in [-0.4, -0.2) is 32.0 Å². The summed E-state index contributed by atoms with van der Waals surface area (Å²) in [4.78, 5) is 4.53. The fourth-order valence-corrected chi connectivity index (χ4v) is 3.93. The summed E-state index contributed by atoms with van der Waals surface area (Å²) in [6.45, 7) is 5.08.